The minimum absolute atomic E-state index is 0.00731. The maximum Gasteiger partial charge on any atom is 0.252 e. The average Bonchev–Trinajstić information content (AvgIpc) is 3.43. The summed E-state index contributed by atoms with van der Waals surface area (Å²) in [6.07, 6.45) is 1.17. The molecule has 2 aromatic rings. The molecule has 1 aliphatic rings. The fourth-order valence-electron chi connectivity index (χ4n) is 5.10. The number of hydrazine groups is 1. The first-order valence-electron chi connectivity index (χ1n) is 14.6. The first-order chi connectivity index (χ1) is 19.5. The van der Waals surface area contributed by atoms with Gasteiger partial charge in [-0.1, -0.05) is 76.2 Å². The molecule has 9 nitrogen and oxygen atoms in total. The molecule has 2 aromatic carbocycles. The molecule has 1 heterocycles. The zero-order valence-corrected chi connectivity index (χ0v) is 25.6. The number of hydrogen-bond acceptors (Lipinski definition) is 6. The Morgan fingerprint density at radius 2 is 1.49 bits per heavy atom. The highest BCUT2D eigenvalue weighted by Crippen LogP contribution is 2.21. The third kappa shape index (κ3) is 9.92. The summed E-state index contributed by atoms with van der Waals surface area (Å²) in [6.45, 7) is 9.42. The lowest BCUT2D eigenvalue weighted by Crippen LogP contribution is -2.60. The van der Waals surface area contributed by atoms with Gasteiger partial charge in [0.2, 0.25) is 15.9 Å². The second-order valence-electron chi connectivity index (χ2n) is 11.7. The minimum Gasteiger partial charge on any atom is -0.390 e. The van der Waals surface area contributed by atoms with Crippen LogP contribution in [0.25, 0.3) is 0 Å². The third-order valence-corrected chi connectivity index (χ3v) is 8.91. The van der Waals surface area contributed by atoms with E-state index < -0.39 is 22.2 Å². The van der Waals surface area contributed by atoms with E-state index in [9.17, 15) is 23.1 Å². The molecule has 3 rings (SSSR count). The van der Waals surface area contributed by atoms with Crippen molar-refractivity contribution < 1.29 is 23.1 Å². The van der Waals surface area contributed by atoms with Crippen LogP contribution >= 0.6 is 0 Å². The van der Waals surface area contributed by atoms with E-state index >= 15 is 0 Å². The number of nitrogens with one attached hydrogen (secondary N) is 1. The normalized spacial score (nSPS) is 15.8. The zero-order chi connectivity index (χ0) is 30.0. The van der Waals surface area contributed by atoms with Crippen molar-refractivity contribution >= 4 is 21.8 Å². The van der Waals surface area contributed by atoms with Crippen molar-refractivity contribution in [2.45, 2.75) is 70.4 Å². The van der Waals surface area contributed by atoms with Gasteiger partial charge in [-0.3, -0.25) is 19.9 Å². The molecule has 0 unspecified atom stereocenters. The first kappa shape index (κ1) is 32.7. The fraction of sp³-hybridized carbons (Fsp3) is 0.548. The Morgan fingerprint density at radius 1 is 0.902 bits per heavy atom. The van der Waals surface area contributed by atoms with Crippen LogP contribution in [-0.4, -0.2) is 84.4 Å². The molecule has 1 saturated heterocycles. The quantitative estimate of drug-likeness (QED) is 0.329. The highest BCUT2D eigenvalue weighted by Gasteiger charge is 2.36. The number of carbonyl (C=O) groups is 2. The van der Waals surface area contributed by atoms with Gasteiger partial charge in [0.15, 0.2) is 0 Å². The van der Waals surface area contributed by atoms with Gasteiger partial charge in [0.25, 0.3) is 5.91 Å². The Kier molecular flexibility index (Phi) is 12.3. The summed E-state index contributed by atoms with van der Waals surface area (Å²) in [5.41, 5.74) is 3.67. The molecule has 0 aromatic heterocycles. The summed E-state index contributed by atoms with van der Waals surface area (Å²) in [7, 11) is -3.93. The van der Waals surface area contributed by atoms with Crippen LogP contribution in [0.2, 0.25) is 0 Å². The fourth-order valence-corrected chi connectivity index (χ4v) is 6.74. The highest BCUT2D eigenvalue weighted by molar-refractivity contribution is 7.89. The molecule has 2 N–H and O–H groups in total. The lowest BCUT2D eigenvalue weighted by atomic mass is 9.99. The summed E-state index contributed by atoms with van der Waals surface area (Å²) < 4.78 is 28.6. The van der Waals surface area contributed by atoms with Crippen LogP contribution in [0.15, 0.2) is 65.6 Å². The van der Waals surface area contributed by atoms with Gasteiger partial charge in [-0.2, -0.15) is 4.31 Å². The number of amides is 2. The molecule has 0 bridgehead atoms. The van der Waals surface area contributed by atoms with Crippen molar-refractivity contribution in [1.29, 1.82) is 0 Å². The Bertz CT molecular complexity index is 1200. The average molecular weight is 587 g/mol. The van der Waals surface area contributed by atoms with Crippen LogP contribution in [0.1, 0.15) is 52.5 Å². The number of sulfonamides is 1. The Morgan fingerprint density at radius 3 is 2.05 bits per heavy atom. The van der Waals surface area contributed by atoms with E-state index in [-0.39, 0.29) is 61.0 Å². The number of carbonyl (C=O) groups excluding carboxylic acids is 2. The lowest BCUT2D eigenvalue weighted by Gasteiger charge is -2.37. The summed E-state index contributed by atoms with van der Waals surface area (Å²) in [5.74, 6) is -0.640. The molecule has 1 aliphatic heterocycles. The predicted molar refractivity (Wildman–Crippen MR) is 160 cm³/mol. The molecule has 2 amide bonds. The van der Waals surface area contributed by atoms with E-state index in [1.807, 2.05) is 62.9 Å². The van der Waals surface area contributed by atoms with Crippen LogP contribution in [0.3, 0.4) is 0 Å². The first-order valence-corrected chi connectivity index (χ1v) is 16.0. The Balaban J connectivity index is 1.96. The van der Waals surface area contributed by atoms with E-state index in [1.54, 1.807) is 18.2 Å². The van der Waals surface area contributed by atoms with Gasteiger partial charge >= 0.3 is 0 Å². The topological polar surface area (TPSA) is 110 Å². The number of nitrogens with zero attached hydrogens (tertiary/aromatic N) is 3. The highest BCUT2D eigenvalue weighted by atomic mass is 32.2. The number of aliphatic hydroxyl groups excluding tert-OH is 1. The van der Waals surface area contributed by atoms with Gasteiger partial charge in [0.05, 0.1) is 23.6 Å². The third-order valence-electron chi connectivity index (χ3n) is 7.07. The van der Waals surface area contributed by atoms with Crippen molar-refractivity contribution in [3.05, 3.63) is 66.2 Å². The maximum absolute atomic E-state index is 13.7. The number of likely N-dealkylation sites (tertiary alicyclic amines) is 1. The second kappa shape index (κ2) is 15.4. The molecule has 0 aliphatic carbocycles. The van der Waals surface area contributed by atoms with Gasteiger partial charge in [-0.05, 0) is 61.9 Å². The van der Waals surface area contributed by atoms with Crippen LogP contribution in [-0.2, 0) is 26.0 Å². The molecule has 0 radical (unpaired) electrons. The monoisotopic (exact) mass is 586 g/mol. The Hall–Kier alpha value is -2.79. The van der Waals surface area contributed by atoms with E-state index in [0.29, 0.717) is 0 Å². The van der Waals surface area contributed by atoms with Crippen molar-refractivity contribution in [3.8, 4) is 0 Å². The lowest BCUT2D eigenvalue weighted by molar-refractivity contribution is -0.148. The van der Waals surface area contributed by atoms with Crippen LogP contribution in [0.4, 0.5) is 0 Å². The summed E-state index contributed by atoms with van der Waals surface area (Å²) in [5, 5.41) is 13.0. The van der Waals surface area contributed by atoms with E-state index in [0.717, 1.165) is 31.5 Å². The molecular weight excluding hydrogens is 540 g/mol. The van der Waals surface area contributed by atoms with Crippen molar-refractivity contribution in [3.63, 3.8) is 0 Å². The molecule has 0 spiro atoms. The van der Waals surface area contributed by atoms with E-state index in [4.69, 9.17) is 0 Å². The van der Waals surface area contributed by atoms with Crippen LogP contribution < -0.4 is 5.43 Å². The summed E-state index contributed by atoms with van der Waals surface area (Å²) in [6, 6.07) is 16.7. The zero-order valence-electron chi connectivity index (χ0n) is 24.8. The van der Waals surface area contributed by atoms with Gasteiger partial charge in [0, 0.05) is 19.5 Å². The van der Waals surface area contributed by atoms with Crippen LogP contribution in [0.5, 0.6) is 0 Å². The largest absolute Gasteiger partial charge is 0.390 e. The SMILES string of the molecule is CC(C)CC(=O)N(NC(=O)CN1CCCC1)[C@@H](Cc1ccccc1)[C@H](O)CN(CC(C)C)S(=O)(=O)c1ccccc1. The molecule has 41 heavy (non-hydrogen) atoms. The van der Waals surface area contributed by atoms with Crippen LogP contribution in [0, 0.1) is 11.8 Å². The van der Waals surface area contributed by atoms with E-state index in [1.165, 1.54) is 21.4 Å². The second-order valence-corrected chi connectivity index (χ2v) is 13.7. The predicted octanol–water partition coefficient (Wildman–Crippen LogP) is 3.31. The molecule has 226 valence electrons. The molecular formula is C31H46N4O5S. The molecule has 1 fully saturated rings. The Labute approximate surface area is 245 Å². The molecule has 2 atom stereocenters. The maximum atomic E-state index is 13.7. The van der Waals surface area contributed by atoms with Gasteiger partial charge in [0.1, 0.15) is 0 Å². The summed E-state index contributed by atoms with van der Waals surface area (Å²) in [4.78, 5) is 28.9. The standard InChI is InChI=1S/C31H46N4O5S/c1-24(2)19-31(38)35(32-30(37)23-33-17-11-12-18-33)28(20-26-13-7-5-8-14-26)29(36)22-34(21-25(3)4)41(39,40)27-15-9-6-10-16-27/h5-10,13-16,24-25,28-29,36H,11-12,17-23H2,1-4H3,(H,32,37)/t28-,29+/m0/s1. The smallest absolute Gasteiger partial charge is 0.252 e. The van der Waals surface area contributed by atoms with Gasteiger partial charge in [-0.15, -0.1) is 0 Å². The van der Waals surface area contributed by atoms with Crippen molar-refractivity contribution in [2.75, 3.05) is 32.7 Å². The summed E-state index contributed by atoms with van der Waals surface area (Å²) >= 11 is 0. The van der Waals surface area contributed by atoms with E-state index in [2.05, 4.69) is 5.43 Å². The molecule has 0 saturated carbocycles. The number of aliphatic hydroxyl groups is 1. The minimum atomic E-state index is -3.93. The van der Waals surface area contributed by atoms with Gasteiger partial charge < -0.3 is 5.11 Å². The number of rotatable bonds is 14. The number of benzene rings is 2. The van der Waals surface area contributed by atoms with Gasteiger partial charge in [-0.25, -0.2) is 13.4 Å². The van der Waals surface area contributed by atoms with Crippen molar-refractivity contribution in [2.24, 2.45) is 11.8 Å². The number of hydrogen-bond donors (Lipinski definition) is 2. The van der Waals surface area contributed by atoms with Crippen molar-refractivity contribution in [1.82, 2.24) is 19.6 Å². The molecule has 10 heteroatoms.